The highest BCUT2D eigenvalue weighted by molar-refractivity contribution is 6.14. The van der Waals surface area contributed by atoms with Crippen molar-refractivity contribution in [2.75, 3.05) is 0 Å². The van der Waals surface area contributed by atoms with E-state index in [1.807, 2.05) is 18.5 Å². The summed E-state index contributed by atoms with van der Waals surface area (Å²) in [6, 6.07) is 66.9. The van der Waals surface area contributed by atoms with E-state index in [2.05, 4.69) is 199 Å². The smallest absolute Gasteiger partial charge is 0.143 e. The third-order valence-corrected chi connectivity index (χ3v) is 13.4. The van der Waals surface area contributed by atoms with Crippen LogP contribution in [0.3, 0.4) is 0 Å². The van der Waals surface area contributed by atoms with Gasteiger partial charge < -0.3 is 8.98 Å². The summed E-state index contributed by atoms with van der Waals surface area (Å²) in [5.74, 6) is 0. The molecule has 3 heterocycles. The second-order valence-electron chi connectivity index (χ2n) is 17.2. The van der Waals surface area contributed by atoms with Gasteiger partial charge in [-0.05, 0) is 133 Å². The zero-order valence-corrected chi connectivity index (χ0v) is 33.8. The molecule has 286 valence electrons. The maximum atomic E-state index is 6.64. The molecule has 12 aromatic rings. The Balaban J connectivity index is 0.926. The van der Waals surface area contributed by atoms with E-state index >= 15 is 0 Å². The van der Waals surface area contributed by atoms with Crippen molar-refractivity contribution >= 4 is 65.3 Å². The molecule has 0 saturated carbocycles. The minimum atomic E-state index is -0.0329. The molecule has 0 unspecified atom stereocenters. The number of aromatic nitrogens is 2. The number of furan rings is 1. The van der Waals surface area contributed by atoms with Gasteiger partial charge in [-0.15, -0.1) is 0 Å². The molecular weight excluding hydrogens is 741 g/mol. The largest absolute Gasteiger partial charge is 0.455 e. The molecule has 0 radical (unpaired) electrons. The van der Waals surface area contributed by atoms with Crippen molar-refractivity contribution in [1.29, 1.82) is 0 Å². The monoisotopic (exact) mass is 778 g/mol. The number of fused-ring (bicyclic) bond motifs is 12. The molecule has 0 fully saturated rings. The number of nitrogens with zero attached hydrogens (tertiary/aromatic N) is 2. The van der Waals surface area contributed by atoms with Gasteiger partial charge >= 0.3 is 0 Å². The van der Waals surface area contributed by atoms with E-state index < -0.39 is 0 Å². The lowest BCUT2D eigenvalue weighted by atomic mass is 9.82. The summed E-state index contributed by atoms with van der Waals surface area (Å²) in [6.45, 7) is 4.71. The third-order valence-electron chi connectivity index (χ3n) is 13.4. The fourth-order valence-corrected chi connectivity index (χ4v) is 10.4. The Kier molecular flexibility index (Phi) is 7.07. The average Bonchev–Trinajstić information content (AvgIpc) is 3.93. The summed E-state index contributed by atoms with van der Waals surface area (Å²) in [4.78, 5) is 4.34. The van der Waals surface area contributed by atoms with Crippen LogP contribution in [0, 0.1) is 0 Å². The summed E-state index contributed by atoms with van der Waals surface area (Å²) in [5.41, 5.74) is 17.6. The molecule has 0 atom stereocenters. The van der Waals surface area contributed by atoms with E-state index in [1.54, 1.807) is 0 Å². The normalized spacial score (nSPS) is 13.2. The van der Waals surface area contributed by atoms with Gasteiger partial charge in [0.1, 0.15) is 11.2 Å². The van der Waals surface area contributed by atoms with Crippen LogP contribution in [-0.2, 0) is 5.41 Å². The predicted molar refractivity (Wildman–Crippen MR) is 255 cm³/mol. The molecule has 61 heavy (non-hydrogen) atoms. The van der Waals surface area contributed by atoms with Crippen LogP contribution in [0.5, 0.6) is 0 Å². The summed E-state index contributed by atoms with van der Waals surface area (Å²) < 4.78 is 9.07. The number of rotatable bonds is 4. The van der Waals surface area contributed by atoms with Crippen molar-refractivity contribution < 1.29 is 4.42 Å². The highest BCUT2D eigenvalue weighted by Crippen LogP contribution is 2.51. The Bertz CT molecular complexity index is 3790. The first-order valence-corrected chi connectivity index (χ1v) is 21.1. The molecular formula is C58H38N2O. The molecule has 3 nitrogen and oxygen atoms in total. The summed E-state index contributed by atoms with van der Waals surface area (Å²) in [6.07, 6.45) is 3.72. The van der Waals surface area contributed by atoms with E-state index in [1.165, 1.54) is 71.2 Å². The van der Waals surface area contributed by atoms with Crippen LogP contribution in [0.2, 0.25) is 0 Å². The Morgan fingerprint density at radius 3 is 2.10 bits per heavy atom. The van der Waals surface area contributed by atoms with Crippen LogP contribution in [0.4, 0.5) is 0 Å². The molecule has 1 aliphatic rings. The maximum Gasteiger partial charge on any atom is 0.143 e. The van der Waals surface area contributed by atoms with Crippen LogP contribution < -0.4 is 0 Å². The fraction of sp³-hybridized carbons (Fsp3) is 0.0517. The first-order chi connectivity index (χ1) is 30.0. The predicted octanol–water partition coefficient (Wildman–Crippen LogP) is 15.7. The van der Waals surface area contributed by atoms with Crippen LogP contribution in [-0.4, -0.2) is 9.55 Å². The molecule has 0 spiro atoms. The Morgan fingerprint density at radius 1 is 0.443 bits per heavy atom. The fourth-order valence-electron chi connectivity index (χ4n) is 10.4. The van der Waals surface area contributed by atoms with Crippen molar-refractivity contribution in [3.05, 3.63) is 206 Å². The number of hydrogen-bond acceptors (Lipinski definition) is 2. The molecule has 0 N–H and O–H groups in total. The van der Waals surface area contributed by atoms with Gasteiger partial charge in [-0.1, -0.05) is 129 Å². The van der Waals surface area contributed by atoms with Gasteiger partial charge in [0.2, 0.25) is 0 Å². The van der Waals surface area contributed by atoms with Crippen molar-refractivity contribution in [2.24, 2.45) is 0 Å². The van der Waals surface area contributed by atoms with Gasteiger partial charge in [0.25, 0.3) is 0 Å². The van der Waals surface area contributed by atoms with Crippen molar-refractivity contribution in [2.45, 2.75) is 19.3 Å². The number of pyridine rings is 1. The molecule has 0 saturated heterocycles. The van der Waals surface area contributed by atoms with Crippen LogP contribution in [0.15, 0.2) is 199 Å². The van der Waals surface area contributed by atoms with Gasteiger partial charge in [-0.3, -0.25) is 4.98 Å². The molecule has 9 aromatic carbocycles. The second kappa shape index (κ2) is 12.6. The molecule has 1 aliphatic carbocycles. The third kappa shape index (κ3) is 5.01. The molecule has 0 amide bonds. The lowest BCUT2D eigenvalue weighted by Crippen LogP contribution is -2.14. The SMILES string of the molecule is CC1(C)c2ccccc2-c2c1ccc1cc3ccc(-n4c5ccccc5c5cc(-c6ccc7oc8c(-c9cccc(-c%10cccnc%10)c9)cccc8c7c6)ccc54)cc3cc21. The molecule has 3 aromatic heterocycles. The second-order valence-corrected chi connectivity index (χ2v) is 17.2. The Morgan fingerprint density at radius 2 is 1.18 bits per heavy atom. The lowest BCUT2D eigenvalue weighted by molar-refractivity contribution is 0.661. The van der Waals surface area contributed by atoms with Crippen molar-refractivity contribution in [1.82, 2.24) is 9.55 Å². The molecule has 0 aliphatic heterocycles. The van der Waals surface area contributed by atoms with Gasteiger partial charge in [-0.25, -0.2) is 0 Å². The van der Waals surface area contributed by atoms with Crippen LogP contribution >= 0.6 is 0 Å². The quantitative estimate of drug-likeness (QED) is 0.167. The minimum absolute atomic E-state index is 0.0329. The first-order valence-electron chi connectivity index (χ1n) is 21.1. The summed E-state index contributed by atoms with van der Waals surface area (Å²) >= 11 is 0. The van der Waals surface area contributed by atoms with E-state index in [9.17, 15) is 0 Å². The van der Waals surface area contributed by atoms with Gasteiger partial charge in [0, 0.05) is 56.2 Å². The van der Waals surface area contributed by atoms with Gasteiger partial charge in [-0.2, -0.15) is 0 Å². The van der Waals surface area contributed by atoms with Crippen molar-refractivity contribution in [3.8, 4) is 50.2 Å². The van der Waals surface area contributed by atoms with Gasteiger partial charge in [0.05, 0.1) is 11.0 Å². The zero-order valence-electron chi connectivity index (χ0n) is 33.8. The number of benzene rings is 9. The molecule has 3 heteroatoms. The summed E-state index contributed by atoms with van der Waals surface area (Å²) in [5, 5.41) is 9.79. The van der Waals surface area contributed by atoms with Crippen molar-refractivity contribution in [3.63, 3.8) is 0 Å². The topological polar surface area (TPSA) is 31.0 Å². The van der Waals surface area contributed by atoms with Crippen LogP contribution in [0.1, 0.15) is 25.0 Å². The highest BCUT2D eigenvalue weighted by Gasteiger charge is 2.36. The number of para-hydroxylation sites is 2. The first kappa shape index (κ1) is 34.1. The Hall–Kier alpha value is -7.75. The summed E-state index contributed by atoms with van der Waals surface area (Å²) in [7, 11) is 0. The molecule has 0 bridgehead atoms. The van der Waals surface area contributed by atoms with E-state index in [0.717, 1.165) is 55.4 Å². The van der Waals surface area contributed by atoms with E-state index in [-0.39, 0.29) is 5.41 Å². The minimum Gasteiger partial charge on any atom is -0.455 e. The van der Waals surface area contributed by atoms with E-state index in [0.29, 0.717) is 0 Å². The Labute approximate surface area is 352 Å². The number of hydrogen-bond donors (Lipinski definition) is 0. The maximum absolute atomic E-state index is 6.64. The van der Waals surface area contributed by atoms with E-state index in [4.69, 9.17) is 4.42 Å². The molecule has 13 rings (SSSR count). The standard InChI is InChI=1S/C58H38N2O/c1-58(2)51-17-5-3-14-47(51)56-48-33-42-30-43(23-19-36(42)29-40(48)20-24-52(56)58)60-53-18-6-4-13-45(53)49-31-37(21-25-54(49)60)38-22-26-55-50(32-38)46-16-8-15-44(57(46)61-55)39-11-7-10-35(28-39)41-12-9-27-59-34-41/h3-34H,1-2H3. The zero-order chi connectivity index (χ0) is 40.4. The highest BCUT2D eigenvalue weighted by atomic mass is 16.3. The van der Waals surface area contributed by atoms with Crippen LogP contribution in [0.25, 0.3) is 115 Å². The average molecular weight is 779 g/mol. The van der Waals surface area contributed by atoms with Gasteiger partial charge in [0.15, 0.2) is 0 Å². The lowest BCUT2D eigenvalue weighted by Gasteiger charge is -2.21.